The molecule has 1 heterocycles. The topological polar surface area (TPSA) is 54.7 Å². The zero-order chi connectivity index (χ0) is 13.6. The van der Waals surface area contributed by atoms with E-state index in [4.69, 9.17) is 5.73 Å². The summed E-state index contributed by atoms with van der Waals surface area (Å²) in [6, 6.07) is 8.78. The number of rotatable bonds is 1. The molecule has 0 aliphatic heterocycles. The summed E-state index contributed by atoms with van der Waals surface area (Å²) >= 11 is 0. The van der Waals surface area contributed by atoms with Gasteiger partial charge in [0.15, 0.2) is 0 Å². The molecule has 0 saturated carbocycles. The highest BCUT2D eigenvalue weighted by Gasteiger charge is 2.11. The Labute approximate surface area is 110 Å². The van der Waals surface area contributed by atoms with Crippen molar-refractivity contribution in [2.24, 2.45) is 0 Å². The van der Waals surface area contributed by atoms with Crippen LogP contribution in [0.3, 0.4) is 0 Å². The maximum atomic E-state index is 13.5. The normalized spacial score (nSPS) is 11.1. The fourth-order valence-corrected chi connectivity index (χ4v) is 2.14. The molecule has 0 radical (unpaired) electrons. The average Bonchev–Trinajstić information content (AvgIpc) is 2.76. The van der Waals surface area contributed by atoms with Gasteiger partial charge in [-0.3, -0.25) is 0 Å². The molecule has 0 saturated heterocycles. The number of hydrogen-bond acceptors (Lipinski definition) is 2. The number of aromatic amines is 1. The standard InChI is InChI=1S/C15H14FN3/c1-8-6-12-13(7-9(8)2)19-15(18-12)10-4-3-5-11(16)14(10)17/h3-7H,17H2,1-2H3,(H,18,19). The van der Waals surface area contributed by atoms with Gasteiger partial charge in [-0.2, -0.15) is 0 Å². The summed E-state index contributed by atoms with van der Waals surface area (Å²) in [5, 5.41) is 0. The van der Waals surface area contributed by atoms with Crippen molar-refractivity contribution in [3.05, 3.63) is 47.3 Å². The Balaban J connectivity index is 2.23. The molecule has 0 amide bonds. The van der Waals surface area contributed by atoms with Crippen LogP contribution in [-0.2, 0) is 0 Å². The van der Waals surface area contributed by atoms with E-state index in [1.807, 2.05) is 26.0 Å². The highest BCUT2D eigenvalue weighted by atomic mass is 19.1. The molecule has 0 fully saturated rings. The van der Waals surface area contributed by atoms with Crippen molar-refractivity contribution >= 4 is 16.7 Å². The number of nitrogens with one attached hydrogen (secondary N) is 1. The number of fused-ring (bicyclic) bond motifs is 1. The van der Waals surface area contributed by atoms with Crippen molar-refractivity contribution < 1.29 is 4.39 Å². The maximum Gasteiger partial charge on any atom is 0.146 e. The lowest BCUT2D eigenvalue weighted by atomic mass is 10.1. The summed E-state index contributed by atoms with van der Waals surface area (Å²) in [5.41, 5.74) is 10.6. The molecular formula is C15H14FN3. The van der Waals surface area contributed by atoms with Crippen LogP contribution in [0.2, 0.25) is 0 Å². The molecule has 2 aromatic carbocycles. The van der Waals surface area contributed by atoms with Crippen LogP contribution >= 0.6 is 0 Å². The summed E-state index contributed by atoms with van der Waals surface area (Å²) in [5.74, 6) is 0.169. The molecule has 3 nitrogen and oxygen atoms in total. The van der Waals surface area contributed by atoms with Gasteiger partial charge in [0, 0.05) is 5.56 Å². The van der Waals surface area contributed by atoms with Gasteiger partial charge in [-0.05, 0) is 49.2 Å². The van der Waals surface area contributed by atoms with Gasteiger partial charge in [0.25, 0.3) is 0 Å². The second-order valence-corrected chi connectivity index (χ2v) is 4.74. The molecule has 0 aliphatic rings. The Morgan fingerprint density at radius 3 is 2.68 bits per heavy atom. The lowest BCUT2D eigenvalue weighted by molar-refractivity contribution is 0.633. The molecule has 19 heavy (non-hydrogen) atoms. The number of hydrogen-bond donors (Lipinski definition) is 2. The minimum atomic E-state index is -0.426. The third-order valence-electron chi connectivity index (χ3n) is 3.41. The highest BCUT2D eigenvalue weighted by molar-refractivity contribution is 5.83. The third-order valence-corrected chi connectivity index (χ3v) is 3.41. The second-order valence-electron chi connectivity index (χ2n) is 4.74. The van der Waals surface area contributed by atoms with Crippen molar-refractivity contribution in [2.75, 3.05) is 5.73 Å². The summed E-state index contributed by atoms with van der Waals surface area (Å²) in [7, 11) is 0. The van der Waals surface area contributed by atoms with Crippen molar-refractivity contribution in [3.8, 4) is 11.4 Å². The zero-order valence-electron chi connectivity index (χ0n) is 10.8. The van der Waals surface area contributed by atoms with E-state index in [0.717, 1.165) is 11.0 Å². The smallest absolute Gasteiger partial charge is 0.146 e. The maximum absolute atomic E-state index is 13.5. The van der Waals surface area contributed by atoms with Gasteiger partial charge >= 0.3 is 0 Å². The Bertz CT molecular complexity index is 735. The Kier molecular flexibility index (Phi) is 2.52. The largest absolute Gasteiger partial charge is 0.396 e. The molecule has 3 N–H and O–H groups in total. The zero-order valence-corrected chi connectivity index (χ0v) is 10.8. The SMILES string of the molecule is Cc1cc2nc(-c3cccc(F)c3N)[nH]c2cc1C. The van der Waals surface area contributed by atoms with E-state index in [1.165, 1.54) is 17.2 Å². The first-order valence-corrected chi connectivity index (χ1v) is 6.07. The van der Waals surface area contributed by atoms with E-state index < -0.39 is 5.82 Å². The Morgan fingerprint density at radius 1 is 1.16 bits per heavy atom. The predicted octanol–water partition coefficient (Wildman–Crippen LogP) is 3.57. The van der Waals surface area contributed by atoms with Crippen LogP contribution in [0.25, 0.3) is 22.4 Å². The van der Waals surface area contributed by atoms with Gasteiger partial charge in [-0.1, -0.05) is 6.07 Å². The van der Waals surface area contributed by atoms with E-state index in [-0.39, 0.29) is 5.69 Å². The minimum absolute atomic E-state index is 0.120. The lowest BCUT2D eigenvalue weighted by Crippen LogP contribution is -1.94. The fourth-order valence-electron chi connectivity index (χ4n) is 2.14. The number of aromatic nitrogens is 2. The molecule has 0 spiro atoms. The van der Waals surface area contributed by atoms with Gasteiger partial charge in [0.05, 0.1) is 16.7 Å². The number of imidazole rings is 1. The quantitative estimate of drug-likeness (QED) is 0.653. The van der Waals surface area contributed by atoms with Crippen LogP contribution < -0.4 is 5.73 Å². The molecular weight excluding hydrogens is 241 g/mol. The van der Waals surface area contributed by atoms with Crippen molar-refractivity contribution in [3.63, 3.8) is 0 Å². The molecule has 0 unspecified atom stereocenters. The number of aryl methyl sites for hydroxylation is 2. The first-order valence-electron chi connectivity index (χ1n) is 6.07. The molecule has 3 rings (SSSR count). The fraction of sp³-hybridized carbons (Fsp3) is 0.133. The van der Waals surface area contributed by atoms with Gasteiger partial charge in [0.1, 0.15) is 11.6 Å². The molecule has 3 aromatic rings. The number of nitrogen functional groups attached to an aromatic ring is 1. The summed E-state index contributed by atoms with van der Waals surface area (Å²) in [6.07, 6.45) is 0. The molecule has 0 bridgehead atoms. The van der Waals surface area contributed by atoms with Crippen molar-refractivity contribution in [1.29, 1.82) is 0 Å². The van der Waals surface area contributed by atoms with Gasteiger partial charge in [-0.25, -0.2) is 9.37 Å². The summed E-state index contributed by atoms with van der Waals surface area (Å²) < 4.78 is 13.5. The monoisotopic (exact) mass is 255 g/mol. The van der Waals surface area contributed by atoms with Gasteiger partial charge < -0.3 is 10.7 Å². The Morgan fingerprint density at radius 2 is 1.89 bits per heavy atom. The first kappa shape index (κ1) is 11.7. The molecule has 0 aliphatic carbocycles. The van der Waals surface area contributed by atoms with Gasteiger partial charge in [0.2, 0.25) is 0 Å². The van der Waals surface area contributed by atoms with Crippen LogP contribution in [0.5, 0.6) is 0 Å². The van der Waals surface area contributed by atoms with Crippen LogP contribution in [0.15, 0.2) is 30.3 Å². The predicted molar refractivity (Wildman–Crippen MR) is 75.4 cm³/mol. The van der Waals surface area contributed by atoms with E-state index in [0.29, 0.717) is 11.4 Å². The van der Waals surface area contributed by atoms with E-state index in [9.17, 15) is 4.39 Å². The third kappa shape index (κ3) is 1.85. The lowest BCUT2D eigenvalue weighted by Gasteiger charge is -2.02. The number of para-hydroxylation sites is 1. The summed E-state index contributed by atoms with van der Waals surface area (Å²) in [4.78, 5) is 7.67. The second kappa shape index (κ2) is 4.09. The van der Waals surface area contributed by atoms with E-state index in [2.05, 4.69) is 9.97 Å². The number of H-pyrrole nitrogens is 1. The van der Waals surface area contributed by atoms with Crippen LogP contribution in [0.4, 0.5) is 10.1 Å². The van der Waals surface area contributed by atoms with Crippen LogP contribution in [0.1, 0.15) is 11.1 Å². The van der Waals surface area contributed by atoms with E-state index in [1.54, 1.807) is 12.1 Å². The minimum Gasteiger partial charge on any atom is -0.396 e. The number of anilines is 1. The first-order chi connectivity index (χ1) is 9.06. The summed E-state index contributed by atoms with van der Waals surface area (Å²) in [6.45, 7) is 4.09. The average molecular weight is 255 g/mol. The number of benzene rings is 2. The molecule has 1 aromatic heterocycles. The van der Waals surface area contributed by atoms with Crippen LogP contribution in [-0.4, -0.2) is 9.97 Å². The van der Waals surface area contributed by atoms with Crippen molar-refractivity contribution in [1.82, 2.24) is 9.97 Å². The molecule has 4 heteroatoms. The number of nitrogens with two attached hydrogens (primary N) is 1. The van der Waals surface area contributed by atoms with Crippen LogP contribution in [0, 0.1) is 19.7 Å². The highest BCUT2D eigenvalue weighted by Crippen LogP contribution is 2.28. The van der Waals surface area contributed by atoms with E-state index >= 15 is 0 Å². The molecule has 96 valence electrons. The molecule has 0 atom stereocenters. The number of halogens is 1. The number of nitrogens with zero attached hydrogens (tertiary/aromatic N) is 1. The van der Waals surface area contributed by atoms with Gasteiger partial charge in [-0.15, -0.1) is 0 Å². The van der Waals surface area contributed by atoms with Crippen molar-refractivity contribution in [2.45, 2.75) is 13.8 Å². The Hall–Kier alpha value is -2.36.